The maximum absolute atomic E-state index is 13.8. The SMILES string of the molecule is COc1cccc(-c2nc3ccc(-c4cccc(CN5CCCC5)c4)nc3c(=O)n2CC(=O)NC(C)C)c1. The smallest absolute Gasteiger partial charge is 0.280 e. The molecule has 0 spiro atoms. The molecule has 1 saturated heterocycles. The summed E-state index contributed by atoms with van der Waals surface area (Å²) < 4.78 is 6.77. The number of nitrogens with one attached hydrogen (secondary N) is 1. The van der Waals surface area contributed by atoms with Crippen molar-refractivity contribution in [2.45, 2.75) is 45.8 Å². The van der Waals surface area contributed by atoms with Crippen molar-refractivity contribution in [3.8, 4) is 28.4 Å². The summed E-state index contributed by atoms with van der Waals surface area (Å²) in [5.41, 5.74) is 3.90. The second-order valence-corrected chi connectivity index (χ2v) is 10.0. The summed E-state index contributed by atoms with van der Waals surface area (Å²) in [6, 6.07) is 19.3. The summed E-state index contributed by atoms with van der Waals surface area (Å²) in [5.74, 6) is 0.762. The quantitative estimate of drug-likeness (QED) is 0.380. The zero-order valence-electron chi connectivity index (χ0n) is 22.1. The molecule has 0 unspecified atom stereocenters. The van der Waals surface area contributed by atoms with Crippen LogP contribution < -0.4 is 15.6 Å². The highest BCUT2D eigenvalue weighted by molar-refractivity contribution is 5.81. The summed E-state index contributed by atoms with van der Waals surface area (Å²) >= 11 is 0. The van der Waals surface area contributed by atoms with E-state index in [0.29, 0.717) is 28.3 Å². The molecule has 3 heterocycles. The minimum atomic E-state index is -0.359. The normalized spacial score (nSPS) is 13.8. The molecule has 0 atom stereocenters. The Bertz CT molecular complexity index is 1520. The van der Waals surface area contributed by atoms with Crippen LogP contribution in [0, 0.1) is 0 Å². The molecule has 4 aromatic rings. The Labute approximate surface area is 222 Å². The van der Waals surface area contributed by atoms with E-state index in [1.165, 1.54) is 23.0 Å². The van der Waals surface area contributed by atoms with E-state index in [4.69, 9.17) is 14.7 Å². The van der Waals surface area contributed by atoms with E-state index in [1.54, 1.807) is 13.2 Å². The number of hydrogen-bond acceptors (Lipinski definition) is 6. The minimum Gasteiger partial charge on any atom is -0.497 e. The van der Waals surface area contributed by atoms with Gasteiger partial charge in [0.25, 0.3) is 5.56 Å². The first-order chi connectivity index (χ1) is 18.4. The number of hydrogen-bond donors (Lipinski definition) is 1. The third-order valence-electron chi connectivity index (χ3n) is 6.71. The predicted molar refractivity (Wildman–Crippen MR) is 149 cm³/mol. The van der Waals surface area contributed by atoms with E-state index in [1.807, 2.05) is 56.3 Å². The van der Waals surface area contributed by atoms with Gasteiger partial charge >= 0.3 is 0 Å². The largest absolute Gasteiger partial charge is 0.497 e. The molecule has 0 bridgehead atoms. The fourth-order valence-electron chi connectivity index (χ4n) is 4.93. The van der Waals surface area contributed by atoms with Gasteiger partial charge in [0, 0.05) is 23.7 Å². The number of likely N-dealkylation sites (tertiary alicyclic amines) is 1. The molecule has 0 radical (unpaired) electrons. The van der Waals surface area contributed by atoms with Crippen molar-refractivity contribution in [3.05, 3.63) is 76.6 Å². The lowest BCUT2D eigenvalue weighted by molar-refractivity contribution is -0.122. The fraction of sp³-hybridized carbons (Fsp3) is 0.333. The monoisotopic (exact) mass is 511 g/mol. The average Bonchev–Trinajstić information content (AvgIpc) is 3.43. The highest BCUT2D eigenvalue weighted by atomic mass is 16.5. The molecular formula is C30H33N5O3. The number of nitrogens with zero attached hydrogens (tertiary/aromatic N) is 4. The summed E-state index contributed by atoms with van der Waals surface area (Å²) in [6.07, 6.45) is 2.50. The highest BCUT2D eigenvalue weighted by Crippen LogP contribution is 2.25. The van der Waals surface area contributed by atoms with Crippen LogP contribution in [0.1, 0.15) is 32.3 Å². The van der Waals surface area contributed by atoms with E-state index < -0.39 is 0 Å². The van der Waals surface area contributed by atoms with Crippen molar-refractivity contribution >= 4 is 16.9 Å². The van der Waals surface area contributed by atoms with Gasteiger partial charge in [-0.3, -0.25) is 19.1 Å². The molecule has 1 amide bonds. The Hall–Kier alpha value is -4.04. The third-order valence-corrected chi connectivity index (χ3v) is 6.71. The van der Waals surface area contributed by atoms with Crippen molar-refractivity contribution in [2.75, 3.05) is 20.2 Å². The summed E-state index contributed by atoms with van der Waals surface area (Å²) in [6.45, 7) is 6.77. The number of pyridine rings is 1. The molecule has 38 heavy (non-hydrogen) atoms. The first-order valence-corrected chi connectivity index (χ1v) is 13.1. The third kappa shape index (κ3) is 5.60. The fourth-order valence-corrected chi connectivity index (χ4v) is 4.93. The van der Waals surface area contributed by atoms with Crippen LogP contribution in [0.3, 0.4) is 0 Å². The molecule has 2 aromatic heterocycles. The summed E-state index contributed by atoms with van der Waals surface area (Å²) in [7, 11) is 1.59. The summed E-state index contributed by atoms with van der Waals surface area (Å²) in [5, 5.41) is 2.87. The zero-order chi connectivity index (χ0) is 26.6. The Morgan fingerprint density at radius 1 is 1.00 bits per heavy atom. The van der Waals surface area contributed by atoms with Gasteiger partial charge in [0.1, 0.15) is 18.1 Å². The molecule has 2 aromatic carbocycles. The van der Waals surface area contributed by atoms with Crippen molar-refractivity contribution < 1.29 is 9.53 Å². The molecule has 1 aliphatic rings. The predicted octanol–water partition coefficient (Wildman–Crippen LogP) is 4.25. The number of ether oxygens (including phenoxy) is 1. The topological polar surface area (TPSA) is 89.3 Å². The Morgan fingerprint density at radius 3 is 2.53 bits per heavy atom. The number of aromatic nitrogens is 3. The zero-order valence-corrected chi connectivity index (χ0v) is 22.1. The van der Waals surface area contributed by atoms with Crippen molar-refractivity contribution in [2.24, 2.45) is 0 Å². The number of fused-ring (bicyclic) bond motifs is 1. The lowest BCUT2D eigenvalue weighted by Crippen LogP contribution is -2.37. The van der Waals surface area contributed by atoms with Gasteiger partial charge in [-0.15, -0.1) is 0 Å². The molecule has 1 N–H and O–H groups in total. The van der Waals surface area contributed by atoms with Crippen LogP contribution >= 0.6 is 0 Å². The number of methoxy groups -OCH3 is 1. The maximum Gasteiger partial charge on any atom is 0.280 e. The highest BCUT2D eigenvalue weighted by Gasteiger charge is 2.18. The van der Waals surface area contributed by atoms with E-state index >= 15 is 0 Å². The van der Waals surface area contributed by atoms with Crippen LogP contribution in [0.2, 0.25) is 0 Å². The maximum atomic E-state index is 13.8. The second kappa shape index (κ2) is 11.1. The van der Waals surface area contributed by atoms with Gasteiger partial charge in [-0.05, 0) is 75.7 Å². The van der Waals surface area contributed by atoms with Crippen LogP contribution in [0.25, 0.3) is 33.7 Å². The lowest BCUT2D eigenvalue weighted by atomic mass is 10.1. The molecule has 5 rings (SSSR count). The van der Waals surface area contributed by atoms with Crippen LogP contribution in [0.4, 0.5) is 0 Å². The van der Waals surface area contributed by atoms with Crippen molar-refractivity contribution in [1.29, 1.82) is 0 Å². The molecule has 1 aliphatic heterocycles. The van der Waals surface area contributed by atoms with E-state index in [0.717, 1.165) is 25.2 Å². The summed E-state index contributed by atoms with van der Waals surface area (Å²) in [4.78, 5) is 38.6. The van der Waals surface area contributed by atoms with Gasteiger partial charge in [0.05, 0.1) is 18.3 Å². The Kier molecular flexibility index (Phi) is 7.51. The first-order valence-electron chi connectivity index (χ1n) is 13.1. The number of benzene rings is 2. The van der Waals surface area contributed by atoms with Crippen LogP contribution in [0.5, 0.6) is 5.75 Å². The van der Waals surface area contributed by atoms with Gasteiger partial charge in [-0.25, -0.2) is 9.97 Å². The average molecular weight is 512 g/mol. The minimum absolute atomic E-state index is 0.0514. The van der Waals surface area contributed by atoms with Crippen LogP contribution in [-0.2, 0) is 17.9 Å². The standard InChI is InChI=1S/C30H33N5O3/c1-20(2)31-27(36)19-35-29(23-10-7-11-24(17-23)38-3)33-26-13-12-25(32-28(26)30(35)37)22-9-6-8-21(16-22)18-34-14-4-5-15-34/h6-13,16-17,20H,4-5,14-15,18-19H2,1-3H3,(H,31,36). The van der Waals surface area contributed by atoms with E-state index in [9.17, 15) is 9.59 Å². The lowest BCUT2D eigenvalue weighted by Gasteiger charge is -2.16. The molecule has 0 saturated carbocycles. The van der Waals surface area contributed by atoms with E-state index in [2.05, 4.69) is 22.3 Å². The van der Waals surface area contributed by atoms with E-state index in [-0.39, 0.29) is 29.6 Å². The number of carbonyl (C=O) groups excluding carboxylic acids is 1. The molecule has 0 aliphatic carbocycles. The Balaban J connectivity index is 1.58. The van der Waals surface area contributed by atoms with Gasteiger partial charge in [-0.1, -0.05) is 30.3 Å². The van der Waals surface area contributed by atoms with Crippen molar-refractivity contribution in [1.82, 2.24) is 24.8 Å². The van der Waals surface area contributed by atoms with Crippen LogP contribution in [-0.4, -0.2) is 51.6 Å². The number of carbonyl (C=O) groups is 1. The molecular weight excluding hydrogens is 478 g/mol. The van der Waals surface area contributed by atoms with Gasteiger partial charge in [0.2, 0.25) is 5.91 Å². The molecule has 196 valence electrons. The van der Waals surface area contributed by atoms with Gasteiger partial charge < -0.3 is 10.1 Å². The van der Waals surface area contributed by atoms with Gasteiger partial charge in [0.15, 0.2) is 5.52 Å². The molecule has 8 heteroatoms. The van der Waals surface area contributed by atoms with Crippen LogP contribution in [0.15, 0.2) is 65.5 Å². The molecule has 8 nitrogen and oxygen atoms in total. The number of rotatable bonds is 8. The van der Waals surface area contributed by atoms with Crippen molar-refractivity contribution in [3.63, 3.8) is 0 Å². The first kappa shape index (κ1) is 25.6. The second-order valence-electron chi connectivity index (χ2n) is 10.0. The van der Waals surface area contributed by atoms with Gasteiger partial charge in [-0.2, -0.15) is 0 Å². The Morgan fingerprint density at radius 2 is 1.76 bits per heavy atom. The number of amides is 1. The molecule has 1 fully saturated rings.